The van der Waals surface area contributed by atoms with E-state index in [1.54, 1.807) is 0 Å². The average molecular weight is 292 g/mol. The summed E-state index contributed by atoms with van der Waals surface area (Å²) in [4.78, 5) is 4.90. The van der Waals surface area contributed by atoms with E-state index in [0.717, 1.165) is 5.92 Å². The molecule has 5 aliphatic rings. The van der Waals surface area contributed by atoms with Crippen LogP contribution in [0.5, 0.6) is 0 Å². The van der Waals surface area contributed by atoms with Crippen LogP contribution in [0.15, 0.2) is 4.99 Å². The van der Waals surface area contributed by atoms with Crippen molar-refractivity contribution in [3.8, 4) is 0 Å². The highest BCUT2D eigenvalue weighted by molar-refractivity contribution is 8.14. The van der Waals surface area contributed by atoms with Gasteiger partial charge >= 0.3 is 0 Å². The van der Waals surface area contributed by atoms with E-state index in [1.165, 1.54) is 55.9 Å². The van der Waals surface area contributed by atoms with Crippen LogP contribution in [0.25, 0.3) is 0 Å². The van der Waals surface area contributed by atoms with E-state index in [2.05, 4.69) is 26.1 Å². The molecular formula is C17H28N2S. The summed E-state index contributed by atoms with van der Waals surface area (Å²) < 4.78 is 0. The summed E-state index contributed by atoms with van der Waals surface area (Å²) >= 11 is 1.96. The molecule has 4 saturated carbocycles. The van der Waals surface area contributed by atoms with Gasteiger partial charge in [-0.1, -0.05) is 32.5 Å². The van der Waals surface area contributed by atoms with E-state index in [-0.39, 0.29) is 0 Å². The van der Waals surface area contributed by atoms with E-state index in [4.69, 9.17) is 4.99 Å². The second kappa shape index (κ2) is 4.18. The van der Waals surface area contributed by atoms with E-state index >= 15 is 0 Å². The van der Waals surface area contributed by atoms with Crippen molar-refractivity contribution in [1.29, 1.82) is 0 Å². The molecule has 0 spiro atoms. The number of amidine groups is 1. The minimum absolute atomic E-state index is 0.372. The summed E-state index contributed by atoms with van der Waals surface area (Å²) in [5, 5.41) is 5.21. The van der Waals surface area contributed by atoms with Gasteiger partial charge in [-0.3, -0.25) is 4.99 Å². The van der Waals surface area contributed by atoms with Crippen LogP contribution in [-0.2, 0) is 0 Å². The number of thioether (sulfide) groups is 1. The molecule has 4 bridgehead atoms. The van der Waals surface area contributed by atoms with E-state index in [0.29, 0.717) is 22.4 Å². The fourth-order valence-corrected chi connectivity index (χ4v) is 7.68. The first-order chi connectivity index (χ1) is 9.42. The molecule has 1 heterocycles. The topological polar surface area (TPSA) is 24.4 Å². The molecule has 5 rings (SSSR count). The van der Waals surface area contributed by atoms with Crippen molar-refractivity contribution < 1.29 is 0 Å². The summed E-state index contributed by atoms with van der Waals surface area (Å²) in [5.41, 5.74) is 1.56. The van der Waals surface area contributed by atoms with Gasteiger partial charge in [0, 0.05) is 11.3 Å². The summed E-state index contributed by atoms with van der Waals surface area (Å²) in [5.74, 6) is 2.15. The van der Waals surface area contributed by atoms with Gasteiger partial charge in [-0.15, -0.1) is 0 Å². The van der Waals surface area contributed by atoms with Gasteiger partial charge in [0.05, 0.1) is 6.04 Å². The number of hydrogen-bond acceptors (Lipinski definition) is 3. The third kappa shape index (κ3) is 2.12. The van der Waals surface area contributed by atoms with Crippen LogP contribution < -0.4 is 5.32 Å². The molecule has 3 atom stereocenters. The molecule has 1 N–H and O–H groups in total. The molecule has 0 amide bonds. The van der Waals surface area contributed by atoms with E-state index in [1.807, 2.05) is 11.8 Å². The molecule has 112 valence electrons. The first-order valence-corrected chi connectivity index (χ1v) is 9.39. The van der Waals surface area contributed by atoms with Crippen molar-refractivity contribution in [2.45, 2.75) is 77.3 Å². The zero-order valence-corrected chi connectivity index (χ0v) is 14.0. The maximum Gasteiger partial charge on any atom is 0.157 e. The van der Waals surface area contributed by atoms with Gasteiger partial charge in [0.1, 0.15) is 0 Å². The second-order valence-electron chi connectivity index (χ2n) is 8.84. The van der Waals surface area contributed by atoms with Crippen molar-refractivity contribution in [2.75, 3.05) is 5.75 Å². The van der Waals surface area contributed by atoms with Gasteiger partial charge in [-0.2, -0.15) is 0 Å². The highest BCUT2D eigenvalue weighted by Crippen LogP contribution is 2.66. The smallest absolute Gasteiger partial charge is 0.157 e. The lowest BCUT2D eigenvalue weighted by Crippen LogP contribution is -2.64. The molecule has 0 aromatic carbocycles. The average Bonchev–Trinajstić information content (AvgIpc) is 2.70. The van der Waals surface area contributed by atoms with Crippen LogP contribution in [0, 0.1) is 16.7 Å². The lowest BCUT2D eigenvalue weighted by atomic mass is 9.43. The number of hydrogen-bond donors (Lipinski definition) is 1. The van der Waals surface area contributed by atoms with Crippen LogP contribution >= 0.6 is 11.8 Å². The molecular weight excluding hydrogens is 264 g/mol. The Kier molecular flexibility index (Phi) is 2.82. The van der Waals surface area contributed by atoms with Gasteiger partial charge in [0.25, 0.3) is 0 Å². The van der Waals surface area contributed by atoms with Crippen LogP contribution in [0.2, 0.25) is 0 Å². The second-order valence-corrected chi connectivity index (χ2v) is 9.85. The van der Waals surface area contributed by atoms with Crippen LogP contribution in [0.4, 0.5) is 0 Å². The van der Waals surface area contributed by atoms with Crippen molar-refractivity contribution in [1.82, 2.24) is 5.32 Å². The SMILES string of the molecule is CCC1CSC(NC23CC4CC(C)(CC(C)(C4)C2)C3)=N1. The molecule has 4 aliphatic carbocycles. The summed E-state index contributed by atoms with van der Waals surface area (Å²) in [6.45, 7) is 7.35. The lowest BCUT2D eigenvalue weighted by molar-refractivity contribution is -0.111. The Hall–Kier alpha value is -0.180. The van der Waals surface area contributed by atoms with Gasteiger partial charge < -0.3 is 5.32 Å². The van der Waals surface area contributed by atoms with Gasteiger partial charge in [0.15, 0.2) is 5.17 Å². The third-order valence-corrected chi connectivity index (χ3v) is 7.21. The molecule has 3 unspecified atom stereocenters. The highest BCUT2D eigenvalue weighted by atomic mass is 32.2. The Balaban J connectivity index is 1.58. The lowest BCUT2D eigenvalue weighted by Gasteiger charge is -2.65. The van der Waals surface area contributed by atoms with Crippen LogP contribution in [0.3, 0.4) is 0 Å². The zero-order chi connectivity index (χ0) is 14.0. The Bertz CT molecular complexity index is 440. The van der Waals surface area contributed by atoms with Crippen molar-refractivity contribution in [3.63, 3.8) is 0 Å². The van der Waals surface area contributed by atoms with Crippen LogP contribution in [0.1, 0.15) is 65.7 Å². The van der Waals surface area contributed by atoms with Crippen LogP contribution in [-0.4, -0.2) is 22.5 Å². The van der Waals surface area contributed by atoms with Gasteiger partial charge in [-0.05, 0) is 61.7 Å². The summed E-state index contributed by atoms with van der Waals surface area (Å²) in [6, 6.07) is 0.558. The molecule has 4 fully saturated rings. The largest absolute Gasteiger partial charge is 0.359 e. The predicted molar refractivity (Wildman–Crippen MR) is 87.2 cm³/mol. The van der Waals surface area contributed by atoms with Crippen molar-refractivity contribution in [2.24, 2.45) is 21.7 Å². The Morgan fingerprint density at radius 2 is 1.85 bits per heavy atom. The molecule has 0 saturated heterocycles. The quantitative estimate of drug-likeness (QED) is 0.824. The predicted octanol–water partition coefficient (Wildman–Crippen LogP) is 4.21. The molecule has 3 heteroatoms. The number of aliphatic imine (C=N–C) groups is 1. The molecule has 0 aromatic rings. The van der Waals surface area contributed by atoms with Crippen molar-refractivity contribution in [3.05, 3.63) is 0 Å². The fraction of sp³-hybridized carbons (Fsp3) is 0.941. The molecule has 20 heavy (non-hydrogen) atoms. The Morgan fingerprint density at radius 1 is 1.15 bits per heavy atom. The fourth-order valence-electron chi connectivity index (χ4n) is 6.51. The minimum atomic E-state index is 0.372. The summed E-state index contributed by atoms with van der Waals surface area (Å²) in [7, 11) is 0. The molecule has 0 aromatic heterocycles. The van der Waals surface area contributed by atoms with Gasteiger partial charge in [-0.25, -0.2) is 0 Å². The minimum Gasteiger partial charge on any atom is -0.359 e. The monoisotopic (exact) mass is 292 g/mol. The standard InChI is InChI=1S/C17H28N2S/c1-4-13-8-20-14(18-13)19-17-7-12-5-15(2,10-17)9-16(3,6-12)11-17/h12-13H,4-11H2,1-3H3,(H,18,19). The molecule has 2 nitrogen and oxygen atoms in total. The first-order valence-electron chi connectivity index (χ1n) is 8.40. The molecule has 1 aliphatic heterocycles. The van der Waals surface area contributed by atoms with E-state index < -0.39 is 0 Å². The third-order valence-electron chi connectivity index (χ3n) is 6.18. The number of rotatable bonds is 2. The Labute approximate surface area is 127 Å². The van der Waals surface area contributed by atoms with Crippen molar-refractivity contribution >= 4 is 16.9 Å². The molecule has 0 radical (unpaired) electrons. The zero-order valence-electron chi connectivity index (χ0n) is 13.2. The van der Waals surface area contributed by atoms with E-state index in [9.17, 15) is 0 Å². The number of nitrogens with zero attached hydrogens (tertiary/aromatic N) is 1. The normalized spacial score (nSPS) is 53.2. The maximum atomic E-state index is 4.90. The summed E-state index contributed by atoms with van der Waals surface area (Å²) in [6.07, 6.45) is 9.74. The first kappa shape index (κ1) is 13.5. The number of nitrogens with one attached hydrogen (secondary N) is 1. The maximum absolute atomic E-state index is 4.90. The van der Waals surface area contributed by atoms with Gasteiger partial charge in [0.2, 0.25) is 0 Å². The Morgan fingerprint density at radius 3 is 2.40 bits per heavy atom. The highest BCUT2D eigenvalue weighted by Gasteiger charge is 2.60.